The number of aliphatic hydroxyl groups excluding tert-OH is 1. The molecule has 0 saturated heterocycles. The van der Waals surface area contributed by atoms with E-state index >= 15 is 0 Å². The smallest absolute Gasteiger partial charge is 0.126 e. The number of hydrogen-bond donors (Lipinski definition) is 2. The molecule has 0 atom stereocenters. The third-order valence-corrected chi connectivity index (χ3v) is 2.91. The van der Waals surface area contributed by atoms with Gasteiger partial charge in [-0.3, -0.25) is 4.98 Å². The molecule has 1 heterocycles. The van der Waals surface area contributed by atoms with E-state index in [0.29, 0.717) is 25.1 Å². The highest BCUT2D eigenvalue weighted by Crippen LogP contribution is 2.42. The van der Waals surface area contributed by atoms with Crippen molar-refractivity contribution < 1.29 is 9.50 Å². The van der Waals surface area contributed by atoms with Gasteiger partial charge in [-0.05, 0) is 25.0 Å². The predicted molar refractivity (Wildman–Crippen MR) is 50.2 cm³/mol. The van der Waals surface area contributed by atoms with Crippen LogP contribution in [0.1, 0.15) is 18.5 Å². The largest absolute Gasteiger partial charge is 0.393 e. The van der Waals surface area contributed by atoms with Crippen LogP contribution in [0, 0.1) is 5.82 Å². The first-order valence-electron chi connectivity index (χ1n) is 4.66. The number of aliphatic hydroxyl groups is 1. The third kappa shape index (κ3) is 1.40. The van der Waals surface area contributed by atoms with Gasteiger partial charge in [0.25, 0.3) is 0 Å². The second-order valence-electron chi connectivity index (χ2n) is 3.91. The molecule has 0 aliphatic heterocycles. The molecule has 1 aromatic rings. The number of rotatable bonds is 2. The van der Waals surface area contributed by atoms with Crippen LogP contribution in [-0.4, -0.2) is 22.7 Å². The maximum absolute atomic E-state index is 12.9. The molecule has 0 aromatic carbocycles. The van der Waals surface area contributed by atoms with E-state index in [4.69, 9.17) is 5.73 Å². The summed E-state index contributed by atoms with van der Waals surface area (Å²) in [5, 5.41) is 9.27. The number of pyridine rings is 1. The molecule has 1 saturated carbocycles. The van der Waals surface area contributed by atoms with E-state index in [9.17, 15) is 9.50 Å². The van der Waals surface area contributed by atoms with Crippen molar-refractivity contribution >= 4 is 0 Å². The van der Waals surface area contributed by atoms with Crippen molar-refractivity contribution in [3.05, 3.63) is 29.8 Å². The Morgan fingerprint density at radius 3 is 2.86 bits per heavy atom. The van der Waals surface area contributed by atoms with E-state index in [1.807, 2.05) is 0 Å². The van der Waals surface area contributed by atoms with Crippen molar-refractivity contribution in [1.82, 2.24) is 4.98 Å². The zero-order chi connectivity index (χ0) is 10.2. The summed E-state index contributed by atoms with van der Waals surface area (Å²) in [4.78, 5) is 4.11. The van der Waals surface area contributed by atoms with Crippen LogP contribution >= 0.6 is 0 Å². The van der Waals surface area contributed by atoms with Crippen LogP contribution in [0.5, 0.6) is 0 Å². The summed E-state index contributed by atoms with van der Waals surface area (Å²) in [6.45, 7) is 0.403. The highest BCUT2D eigenvalue weighted by atomic mass is 19.1. The van der Waals surface area contributed by atoms with Crippen molar-refractivity contribution in [1.29, 1.82) is 0 Å². The van der Waals surface area contributed by atoms with E-state index in [1.165, 1.54) is 18.3 Å². The minimum absolute atomic E-state index is 0.302. The molecule has 14 heavy (non-hydrogen) atoms. The molecule has 4 heteroatoms. The van der Waals surface area contributed by atoms with Gasteiger partial charge in [0.1, 0.15) is 5.82 Å². The van der Waals surface area contributed by atoms with Crippen molar-refractivity contribution in [3.8, 4) is 0 Å². The summed E-state index contributed by atoms with van der Waals surface area (Å²) in [7, 11) is 0. The second-order valence-corrected chi connectivity index (χ2v) is 3.91. The molecule has 1 aromatic heterocycles. The highest BCUT2D eigenvalue weighted by Gasteiger charge is 2.44. The molecular formula is C10H13FN2O. The SMILES string of the molecule is NCC1(c2cc(F)ccn2)CC(O)C1. The summed E-state index contributed by atoms with van der Waals surface area (Å²) >= 11 is 0. The molecule has 1 fully saturated rings. The number of nitrogens with two attached hydrogens (primary N) is 1. The molecule has 0 spiro atoms. The number of aromatic nitrogens is 1. The Labute approximate surface area is 81.8 Å². The van der Waals surface area contributed by atoms with Gasteiger partial charge in [0.2, 0.25) is 0 Å². The van der Waals surface area contributed by atoms with Crippen LogP contribution in [0.2, 0.25) is 0 Å². The van der Waals surface area contributed by atoms with Crippen LogP contribution in [0.4, 0.5) is 4.39 Å². The lowest BCUT2D eigenvalue weighted by Gasteiger charge is -2.44. The molecule has 0 bridgehead atoms. The van der Waals surface area contributed by atoms with E-state index in [2.05, 4.69) is 4.98 Å². The average molecular weight is 196 g/mol. The Morgan fingerprint density at radius 1 is 1.64 bits per heavy atom. The summed E-state index contributed by atoms with van der Waals surface area (Å²) < 4.78 is 12.9. The van der Waals surface area contributed by atoms with Gasteiger partial charge < -0.3 is 10.8 Å². The molecule has 3 N–H and O–H groups in total. The van der Waals surface area contributed by atoms with Gasteiger partial charge in [-0.2, -0.15) is 0 Å². The van der Waals surface area contributed by atoms with Gasteiger partial charge in [0.05, 0.1) is 11.8 Å². The first-order chi connectivity index (χ1) is 6.66. The second kappa shape index (κ2) is 3.29. The normalized spacial score (nSPS) is 31.2. The molecule has 0 amide bonds. The topological polar surface area (TPSA) is 59.1 Å². The van der Waals surface area contributed by atoms with Crippen molar-refractivity contribution in [3.63, 3.8) is 0 Å². The molecule has 0 radical (unpaired) electrons. The Morgan fingerprint density at radius 2 is 2.36 bits per heavy atom. The van der Waals surface area contributed by atoms with Crippen molar-refractivity contribution in [2.75, 3.05) is 6.54 Å². The summed E-state index contributed by atoms with van der Waals surface area (Å²) in [6.07, 6.45) is 2.29. The fourth-order valence-electron chi connectivity index (χ4n) is 2.02. The molecular weight excluding hydrogens is 183 g/mol. The van der Waals surface area contributed by atoms with E-state index < -0.39 is 0 Å². The third-order valence-electron chi connectivity index (χ3n) is 2.91. The minimum atomic E-state index is -0.316. The first kappa shape index (κ1) is 9.55. The number of nitrogens with zero attached hydrogens (tertiary/aromatic N) is 1. The van der Waals surface area contributed by atoms with E-state index in [1.54, 1.807) is 0 Å². The minimum Gasteiger partial charge on any atom is -0.393 e. The van der Waals surface area contributed by atoms with Crippen LogP contribution in [0.3, 0.4) is 0 Å². The number of hydrogen-bond acceptors (Lipinski definition) is 3. The maximum atomic E-state index is 12.9. The van der Waals surface area contributed by atoms with Gasteiger partial charge in [-0.15, -0.1) is 0 Å². The maximum Gasteiger partial charge on any atom is 0.126 e. The molecule has 0 unspecified atom stereocenters. The molecule has 1 aliphatic rings. The van der Waals surface area contributed by atoms with Crippen LogP contribution in [-0.2, 0) is 5.41 Å². The van der Waals surface area contributed by atoms with Crippen molar-refractivity contribution in [2.45, 2.75) is 24.4 Å². The molecule has 2 rings (SSSR count). The lowest BCUT2D eigenvalue weighted by Crippen LogP contribution is -2.50. The molecule has 76 valence electrons. The Balaban J connectivity index is 2.29. The average Bonchev–Trinajstić information content (AvgIpc) is 2.12. The monoisotopic (exact) mass is 196 g/mol. The Bertz CT molecular complexity index is 337. The quantitative estimate of drug-likeness (QED) is 0.727. The zero-order valence-corrected chi connectivity index (χ0v) is 7.78. The molecule has 3 nitrogen and oxygen atoms in total. The number of halogens is 1. The van der Waals surface area contributed by atoms with Crippen LogP contribution < -0.4 is 5.73 Å². The van der Waals surface area contributed by atoms with E-state index in [0.717, 1.165) is 0 Å². The summed E-state index contributed by atoms with van der Waals surface area (Å²) in [5.41, 5.74) is 5.99. The van der Waals surface area contributed by atoms with Crippen molar-refractivity contribution in [2.24, 2.45) is 5.73 Å². The van der Waals surface area contributed by atoms with E-state index in [-0.39, 0.29) is 17.3 Å². The first-order valence-corrected chi connectivity index (χ1v) is 4.66. The highest BCUT2D eigenvalue weighted by molar-refractivity contribution is 5.23. The predicted octanol–water partition coefficient (Wildman–Crippen LogP) is 0.572. The van der Waals surface area contributed by atoms with Gasteiger partial charge in [-0.1, -0.05) is 0 Å². The zero-order valence-electron chi connectivity index (χ0n) is 7.78. The summed E-state index contributed by atoms with van der Waals surface area (Å²) in [5.74, 6) is -0.302. The summed E-state index contributed by atoms with van der Waals surface area (Å²) in [6, 6.07) is 2.71. The lowest BCUT2D eigenvalue weighted by atomic mass is 9.64. The van der Waals surface area contributed by atoms with Gasteiger partial charge >= 0.3 is 0 Å². The lowest BCUT2D eigenvalue weighted by molar-refractivity contribution is 0.0199. The van der Waals surface area contributed by atoms with Crippen LogP contribution in [0.15, 0.2) is 18.3 Å². The van der Waals surface area contributed by atoms with Gasteiger partial charge in [0, 0.05) is 18.2 Å². The van der Waals surface area contributed by atoms with Crippen LogP contribution in [0.25, 0.3) is 0 Å². The fourth-order valence-corrected chi connectivity index (χ4v) is 2.02. The fraction of sp³-hybridized carbons (Fsp3) is 0.500. The standard InChI is InChI=1S/C10H13FN2O/c11-7-1-2-13-9(3-7)10(6-12)4-8(14)5-10/h1-3,8,14H,4-6,12H2. The van der Waals surface area contributed by atoms with Gasteiger partial charge in [0.15, 0.2) is 0 Å². The molecule has 1 aliphatic carbocycles. The Hall–Kier alpha value is -1.00. The van der Waals surface area contributed by atoms with Gasteiger partial charge in [-0.25, -0.2) is 4.39 Å². The Kier molecular flexibility index (Phi) is 2.25.